The van der Waals surface area contributed by atoms with Crippen molar-refractivity contribution < 1.29 is 9.53 Å². The molecule has 0 saturated heterocycles. The number of hydrogen-bond acceptors (Lipinski definition) is 2. The van der Waals surface area contributed by atoms with E-state index in [1.807, 2.05) is 6.92 Å². The summed E-state index contributed by atoms with van der Waals surface area (Å²) in [6, 6.07) is 2.03. The maximum Gasteiger partial charge on any atom is 0.267 e. The molecule has 1 aromatic heterocycles. The van der Waals surface area contributed by atoms with Crippen molar-refractivity contribution in [2.45, 2.75) is 31.9 Å². The quantitative estimate of drug-likeness (QED) is 0.890. The van der Waals surface area contributed by atoms with Crippen molar-refractivity contribution in [2.75, 3.05) is 6.61 Å². The number of halogens is 1. The fourth-order valence-corrected chi connectivity index (χ4v) is 2.16. The van der Waals surface area contributed by atoms with Gasteiger partial charge in [-0.1, -0.05) is 0 Å². The lowest BCUT2D eigenvalue weighted by Crippen LogP contribution is -2.47. The predicted molar refractivity (Wildman–Crippen MR) is 64.4 cm³/mol. The number of rotatable bonds is 4. The molecule has 4 nitrogen and oxygen atoms in total. The molecule has 88 valence electrons. The molecular formula is C11H15BrN2O2. The molecule has 16 heavy (non-hydrogen) atoms. The summed E-state index contributed by atoms with van der Waals surface area (Å²) in [5.74, 6) is -0.0503. The van der Waals surface area contributed by atoms with Gasteiger partial charge in [-0.3, -0.25) is 4.79 Å². The van der Waals surface area contributed by atoms with Gasteiger partial charge in [-0.15, -0.1) is 0 Å². The molecule has 5 heteroatoms. The SMILES string of the molecule is CCOC1CC(NC(=O)c2cc(Br)c[nH]2)C1. The second-order valence-corrected chi connectivity index (χ2v) is 4.87. The smallest absolute Gasteiger partial charge is 0.267 e. The summed E-state index contributed by atoms with van der Waals surface area (Å²) in [5.41, 5.74) is 0.590. The van der Waals surface area contributed by atoms with Gasteiger partial charge < -0.3 is 15.0 Å². The summed E-state index contributed by atoms with van der Waals surface area (Å²) in [6.45, 7) is 2.73. The molecule has 0 unspecified atom stereocenters. The highest BCUT2D eigenvalue weighted by atomic mass is 79.9. The molecule has 1 fully saturated rings. The first-order chi connectivity index (χ1) is 7.69. The standard InChI is InChI=1S/C11H15BrN2O2/c1-2-16-9-4-8(5-9)14-11(15)10-3-7(12)6-13-10/h3,6,8-9,13H,2,4-5H2,1H3,(H,14,15). The third-order valence-electron chi connectivity index (χ3n) is 2.72. The van der Waals surface area contributed by atoms with Crippen LogP contribution in [0.4, 0.5) is 0 Å². The van der Waals surface area contributed by atoms with Crippen LogP contribution in [-0.2, 0) is 4.74 Å². The lowest BCUT2D eigenvalue weighted by atomic mass is 9.89. The van der Waals surface area contributed by atoms with Crippen LogP contribution in [0.2, 0.25) is 0 Å². The van der Waals surface area contributed by atoms with Gasteiger partial charge in [0.15, 0.2) is 0 Å². The second kappa shape index (κ2) is 5.01. The Bertz CT molecular complexity index is 372. The van der Waals surface area contributed by atoms with E-state index in [0.29, 0.717) is 11.8 Å². The maximum atomic E-state index is 11.7. The lowest BCUT2D eigenvalue weighted by molar-refractivity contribution is -0.00866. The van der Waals surface area contributed by atoms with Gasteiger partial charge in [-0.25, -0.2) is 0 Å². The first-order valence-corrected chi connectivity index (χ1v) is 6.24. The van der Waals surface area contributed by atoms with Crippen molar-refractivity contribution in [1.82, 2.24) is 10.3 Å². The summed E-state index contributed by atoms with van der Waals surface area (Å²) in [7, 11) is 0. The summed E-state index contributed by atoms with van der Waals surface area (Å²) in [5, 5.41) is 2.96. The minimum Gasteiger partial charge on any atom is -0.378 e. The molecule has 0 aromatic carbocycles. The largest absolute Gasteiger partial charge is 0.378 e. The molecular weight excluding hydrogens is 272 g/mol. The summed E-state index contributed by atoms with van der Waals surface area (Å²) in [4.78, 5) is 14.6. The van der Waals surface area contributed by atoms with Crippen LogP contribution in [0.3, 0.4) is 0 Å². The van der Waals surface area contributed by atoms with Gasteiger partial charge in [0.25, 0.3) is 5.91 Å². The Kier molecular flexibility index (Phi) is 3.66. The van der Waals surface area contributed by atoms with E-state index in [4.69, 9.17) is 4.74 Å². The van der Waals surface area contributed by atoms with E-state index in [1.165, 1.54) is 0 Å². The first-order valence-electron chi connectivity index (χ1n) is 5.45. The summed E-state index contributed by atoms with van der Waals surface area (Å²) >= 11 is 3.30. The fraction of sp³-hybridized carbons (Fsp3) is 0.545. The van der Waals surface area contributed by atoms with Crippen LogP contribution in [0.5, 0.6) is 0 Å². The minimum absolute atomic E-state index is 0.0503. The molecule has 0 bridgehead atoms. The van der Waals surface area contributed by atoms with Crippen molar-refractivity contribution in [3.05, 3.63) is 22.4 Å². The van der Waals surface area contributed by atoms with Crippen LogP contribution in [0.25, 0.3) is 0 Å². The molecule has 2 rings (SSSR count). The Hall–Kier alpha value is -0.810. The van der Waals surface area contributed by atoms with E-state index in [0.717, 1.165) is 23.9 Å². The molecule has 2 N–H and O–H groups in total. The minimum atomic E-state index is -0.0503. The molecule has 1 aromatic rings. The van der Waals surface area contributed by atoms with Gasteiger partial charge in [0, 0.05) is 23.3 Å². The van der Waals surface area contributed by atoms with E-state index >= 15 is 0 Å². The summed E-state index contributed by atoms with van der Waals surface area (Å²) < 4.78 is 6.32. The molecule has 1 aliphatic carbocycles. The number of ether oxygens (including phenoxy) is 1. The number of H-pyrrole nitrogens is 1. The normalized spacial score (nSPS) is 23.9. The molecule has 0 aliphatic heterocycles. The Morgan fingerprint density at radius 2 is 2.44 bits per heavy atom. The highest BCUT2D eigenvalue weighted by molar-refractivity contribution is 9.10. The number of nitrogens with one attached hydrogen (secondary N) is 2. The van der Waals surface area contributed by atoms with E-state index in [9.17, 15) is 4.79 Å². The maximum absolute atomic E-state index is 11.7. The van der Waals surface area contributed by atoms with E-state index in [2.05, 4.69) is 26.2 Å². The molecule has 1 heterocycles. The Morgan fingerprint density at radius 3 is 3.00 bits per heavy atom. The first kappa shape index (κ1) is 11.7. The third-order valence-corrected chi connectivity index (χ3v) is 3.18. The zero-order valence-electron chi connectivity index (χ0n) is 9.13. The van der Waals surface area contributed by atoms with E-state index in [-0.39, 0.29) is 11.9 Å². The van der Waals surface area contributed by atoms with Gasteiger partial charge in [0.1, 0.15) is 5.69 Å². The van der Waals surface area contributed by atoms with Crippen molar-refractivity contribution in [1.29, 1.82) is 0 Å². The van der Waals surface area contributed by atoms with Gasteiger partial charge in [-0.2, -0.15) is 0 Å². The molecule has 1 aliphatic rings. The summed E-state index contributed by atoms with van der Waals surface area (Å²) in [6.07, 6.45) is 3.91. The zero-order chi connectivity index (χ0) is 11.5. The highest BCUT2D eigenvalue weighted by Gasteiger charge is 2.30. The molecule has 0 spiro atoms. The van der Waals surface area contributed by atoms with Gasteiger partial charge >= 0.3 is 0 Å². The van der Waals surface area contributed by atoms with Gasteiger partial charge in [-0.05, 0) is 41.8 Å². The highest BCUT2D eigenvalue weighted by Crippen LogP contribution is 2.23. The topological polar surface area (TPSA) is 54.1 Å². The van der Waals surface area contributed by atoms with Crippen LogP contribution in [0.1, 0.15) is 30.3 Å². The number of aromatic amines is 1. The number of carbonyl (C=O) groups excluding carboxylic acids is 1. The van der Waals surface area contributed by atoms with Crippen LogP contribution in [0, 0.1) is 0 Å². The van der Waals surface area contributed by atoms with Crippen LogP contribution >= 0.6 is 15.9 Å². The second-order valence-electron chi connectivity index (χ2n) is 3.95. The van der Waals surface area contributed by atoms with E-state index < -0.39 is 0 Å². The number of carbonyl (C=O) groups is 1. The lowest BCUT2D eigenvalue weighted by Gasteiger charge is -2.35. The number of aromatic nitrogens is 1. The Morgan fingerprint density at radius 1 is 1.69 bits per heavy atom. The Labute approximate surface area is 103 Å². The van der Waals surface area contributed by atoms with Crippen molar-refractivity contribution >= 4 is 21.8 Å². The van der Waals surface area contributed by atoms with Crippen molar-refractivity contribution in [2.24, 2.45) is 0 Å². The average molecular weight is 287 g/mol. The average Bonchev–Trinajstić information content (AvgIpc) is 2.61. The Balaban J connectivity index is 1.77. The van der Waals surface area contributed by atoms with Crippen LogP contribution in [0.15, 0.2) is 16.7 Å². The van der Waals surface area contributed by atoms with Crippen molar-refractivity contribution in [3.63, 3.8) is 0 Å². The predicted octanol–water partition coefficient (Wildman–Crippen LogP) is 2.07. The fourth-order valence-electron chi connectivity index (χ4n) is 1.82. The van der Waals surface area contributed by atoms with Gasteiger partial charge in [0.2, 0.25) is 0 Å². The van der Waals surface area contributed by atoms with Crippen LogP contribution < -0.4 is 5.32 Å². The van der Waals surface area contributed by atoms with E-state index in [1.54, 1.807) is 12.3 Å². The number of hydrogen-bond donors (Lipinski definition) is 2. The monoisotopic (exact) mass is 286 g/mol. The molecule has 0 radical (unpaired) electrons. The molecule has 0 atom stereocenters. The molecule has 1 amide bonds. The molecule has 1 saturated carbocycles. The number of amides is 1. The van der Waals surface area contributed by atoms with Gasteiger partial charge in [0.05, 0.1) is 6.10 Å². The zero-order valence-corrected chi connectivity index (χ0v) is 10.7. The van der Waals surface area contributed by atoms with Crippen molar-refractivity contribution in [3.8, 4) is 0 Å². The third kappa shape index (κ3) is 2.65. The van der Waals surface area contributed by atoms with Crippen LogP contribution in [-0.4, -0.2) is 29.6 Å².